The SMILES string of the molecule is COC(=O)c1cc(C)nc2c1c(=O)n(CC(=O)N1CCC(C)CC1)c(=O)n2-c1ccccc1OC. The van der Waals surface area contributed by atoms with Crippen LogP contribution in [0.4, 0.5) is 0 Å². The molecule has 3 heterocycles. The topological polar surface area (TPSA) is 113 Å². The molecule has 10 heteroatoms. The van der Waals surface area contributed by atoms with Crippen LogP contribution in [0.1, 0.15) is 35.8 Å². The molecule has 0 saturated carbocycles. The minimum absolute atomic E-state index is 0.0135. The molecule has 184 valence electrons. The minimum atomic E-state index is -0.775. The van der Waals surface area contributed by atoms with Crippen molar-refractivity contribution >= 4 is 22.9 Å². The highest BCUT2D eigenvalue weighted by atomic mass is 16.5. The van der Waals surface area contributed by atoms with Crippen molar-refractivity contribution < 1.29 is 19.1 Å². The number of aromatic nitrogens is 3. The van der Waals surface area contributed by atoms with Crippen LogP contribution in [0.15, 0.2) is 39.9 Å². The number of ether oxygens (including phenoxy) is 2. The predicted molar refractivity (Wildman–Crippen MR) is 129 cm³/mol. The van der Waals surface area contributed by atoms with Gasteiger partial charge in [0.05, 0.1) is 30.9 Å². The molecule has 10 nitrogen and oxygen atoms in total. The summed E-state index contributed by atoms with van der Waals surface area (Å²) in [5, 5.41) is -0.104. The van der Waals surface area contributed by atoms with Crippen molar-refractivity contribution in [2.75, 3.05) is 27.3 Å². The van der Waals surface area contributed by atoms with Crippen LogP contribution >= 0.6 is 0 Å². The normalized spacial score (nSPS) is 14.2. The van der Waals surface area contributed by atoms with Crippen LogP contribution in [0, 0.1) is 12.8 Å². The molecule has 1 aromatic carbocycles. The van der Waals surface area contributed by atoms with Crippen molar-refractivity contribution in [2.24, 2.45) is 5.92 Å². The Morgan fingerprint density at radius 1 is 1.11 bits per heavy atom. The monoisotopic (exact) mass is 480 g/mol. The molecule has 1 aliphatic rings. The molecule has 0 radical (unpaired) electrons. The first-order chi connectivity index (χ1) is 16.8. The smallest absolute Gasteiger partial charge is 0.338 e. The third-order valence-corrected chi connectivity index (χ3v) is 6.38. The van der Waals surface area contributed by atoms with Crippen LogP contribution in [0.3, 0.4) is 0 Å². The van der Waals surface area contributed by atoms with Crippen LogP contribution < -0.4 is 16.0 Å². The van der Waals surface area contributed by atoms with Crippen LogP contribution in [-0.2, 0) is 16.1 Å². The summed E-state index contributed by atoms with van der Waals surface area (Å²) in [6.45, 7) is 4.46. The first-order valence-electron chi connectivity index (χ1n) is 11.4. The number of benzene rings is 1. The number of hydrogen-bond donors (Lipinski definition) is 0. The number of hydrogen-bond acceptors (Lipinski definition) is 7. The number of piperidine rings is 1. The summed E-state index contributed by atoms with van der Waals surface area (Å²) in [4.78, 5) is 59.2. The van der Waals surface area contributed by atoms with Gasteiger partial charge in [-0.1, -0.05) is 19.1 Å². The highest BCUT2D eigenvalue weighted by Crippen LogP contribution is 2.25. The molecule has 1 fully saturated rings. The zero-order chi connectivity index (χ0) is 25.3. The number of carbonyl (C=O) groups excluding carboxylic acids is 2. The zero-order valence-corrected chi connectivity index (χ0v) is 20.2. The van der Waals surface area contributed by atoms with E-state index in [-0.39, 0.29) is 22.5 Å². The third kappa shape index (κ3) is 4.43. The van der Waals surface area contributed by atoms with Gasteiger partial charge in [0.15, 0.2) is 5.65 Å². The van der Waals surface area contributed by atoms with Gasteiger partial charge in [-0.3, -0.25) is 9.59 Å². The second kappa shape index (κ2) is 9.73. The van der Waals surface area contributed by atoms with E-state index in [1.807, 2.05) is 0 Å². The first kappa shape index (κ1) is 24.2. The van der Waals surface area contributed by atoms with Gasteiger partial charge >= 0.3 is 11.7 Å². The number of fused-ring (bicyclic) bond motifs is 1. The fourth-order valence-corrected chi connectivity index (χ4v) is 4.40. The van der Waals surface area contributed by atoms with Crippen LogP contribution in [0.5, 0.6) is 5.75 Å². The maximum Gasteiger partial charge on any atom is 0.338 e. The highest BCUT2D eigenvalue weighted by Gasteiger charge is 2.27. The molecule has 3 aromatic rings. The van der Waals surface area contributed by atoms with Gasteiger partial charge in [-0.05, 0) is 43.9 Å². The predicted octanol–water partition coefficient (Wildman–Crippen LogP) is 1.91. The Labute approximate surface area is 201 Å². The molecular weight excluding hydrogens is 452 g/mol. The number of amides is 1. The van der Waals surface area contributed by atoms with Gasteiger partial charge in [0, 0.05) is 18.8 Å². The summed E-state index contributed by atoms with van der Waals surface area (Å²) < 4.78 is 12.4. The summed E-state index contributed by atoms with van der Waals surface area (Å²) in [6.07, 6.45) is 1.72. The van der Waals surface area contributed by atoms with Gasteiger partial charge in [-0.2, -0.15) is 0 Å². The average Bonchev–Trinajstić information content (AvgIpc) is 2.86. The number of esters is 1. The number of aryl methyl sites for hydroxylation is 1. The van der Waals surface area contributed by atoms with E-state index in [1.165, 1.54) is 24.9 Å². The zero-order valence-electron chi connectivity index (χ0n) is 20.2. The Morgan fingerprint density at radius 2 is 1.80 bits per heavy atom. The van der Waals surface area contributed by atoms with Crippen molar-refractivity contribution in [1.29, 1.82) is 0 Å². The van der Waals surface area contributed by atoms with E-state index in [4.69, 9.17) is 9.47 Å². The van der Waals surface area contributed by atoms with Crippen molar-refractivity contribution in [2.45, 2.75) is 33.2 Å². The number of rotatable bonds is 5. The van der Waals surface area contributed by atoms with Gasteiger partial charge in [0.1, 0.15) is 12.3 Å². The summed E-state index contributed by atoms with van der Waals surface area (Å²) in [5.74, 6) is -0.199. The summed E-state index contributed by atoms with van der Waals surface area (Å²) in [5.41, 5.74) is -0.831. The standard InChI is InChI=1S/C25H28N4O6/c1-15-9-11-27(12-10-15)20(30)14-28-23(31)21-17(24(32)35-4)13-16(2)26-22(21)29(25(28)33)18-7-5-6-8-19(18)34-3/h5-8,13,15H,9-12,14H2,1-4H3. The molecule has 0 aliphatic carbocycles. The van der Waals surface area contributed by atoms with Gasteiger partial charge < -0.3 is 14.4 Å². The maximum atomic E-state index is 13.7. The second-order valence-electron chi connectivity index (χ2n) is 8.75. The Kier molecular flexibility index (Phi) is 6.72. The van der Waals surface area contributed by atoms with Crippen LogP contribution in [0.25, 0.3) is 16.7 Å². The number of nitrogens with zero attached hydrogens (tertiary/aromatic N) is 4. The maximum absolute atomic E-state index is 13.7. The molecular formula is C25H28N4O6. The Balaban J connectivity index is 2.01. The Bertz CT molecular complexity index is 1420. The summed E-state index contributed by atoms with van der Waals surface area (Å²) in [6, 6.07) is 8.20. The van der Waals surface area contributed by atoms with Crippen molar-refractivity contribution in [1.82, 2.24) is 19.0 Å². The Morgan fingerprint density at radius 3 is 2.46 bits per heavy atom. The fraction of sp³-hybridized carbons (Fsp3) is 0.400. The van der Waals surface area contributed by atoms with E-state index < -0.39 is 23.8 Å². The summed E-state index contributed by atoms with van der Waals surface area (Å²) >= 11 is 0. The van der Waals surface area contributed by atoms with E-state index in [1.54, 1.807) is 36.1 Å². The van der Waals surface area contributed by atoms with Crippen LogP contribution in [-0.4, -0.2) is 58.2 Å². The number of para-hydroxylation sites is 2. The molecule has 0 bridgehead atoms. The molecule has 1 aliphatic heterocycles. The lowest BCUT2D eigenvalue weighted by atomic mass is 9.99. The van der Waals surface area contributed by atoms with Crippen molar-refractivity contribution in [3.63, 3.8) is 0 Å². The largest absolute Gasteiger partial charge is 0.495 e. The van der Waals surface area contributed by atoms with E-state index >= 15 is 0 Å². The molecule has 0 N–H and O–H groups in total. The second-order valence-corrected chi connectivity index (χ2v) is 8.75. The van der Waals surface area contributed by atoms with Crippen molar-refractivity contribution in [3.8, 4) is 11.4 Å². The Hall–Kier alpha value is -3.95. The van der Waals surface area contributed by atoms with E-state index in [9.17, 15) is 19.2 Å². The average molecular weight is 481 g/mol. The number of pyridine rings is 1. The number of carbonyl (C=O) groups is 2. The minimum Gasteiger partial charge on any atom is -0.495 e. The molecule has 0 atom stereocenters. The van der Waals surface area contributed by atoms with Gasteiger partial charge in [0.2, 0.25) is 5.91 Å². The number of likely N-dealkylation sites (tertiary alicyclic amines) is 1. The molecule has 0 spiro atoms. The number of methoxy groups -OCH3 is 2. The van der Waals surface area contributed by atoms with Crippen molar-refractivity contribution in [3.05, 3.63) is 62.4 Å². The van der Waals surface area contributed by atoms with E-state index in [2.05, 4.69) is 11.9 Å². The highest BCUT2D eigenvalue weighted by molar-refractivity contribution is 6.02. The molecule has 1 saturated heterocycles. The lowest BCUT2D eigenvalue weighted by Gasteiger charge is -2.30. The van der Waals surface area contributed by atoms with Gasteiger partial charge in [-0.25, -0.2) is 23.7 Å². The van der Waals surface area contributed by atoms with E-state index in [0.29, 0.717) is 36.1 Å². The fourth-order valence-electron chi connectivity index (χ4n) is 4.40. The lowest BCUT2D eigenvalue weighted by molar-refractivity contribution is -0.133. The molecule has 0 unspecified atom stereocenters. The summed E-state index contributed by atoms with van der Waals surface area (Å²) in [7, 11) is 2.67. The third-order valence-electron chi connectivity index (χ3n) is 6.38. The van der Waals surface area contributed by atoms with E-state index in [0.717, 1.165) is 17.4 Å². The van der Waals surface area contributed by atoms with Gasteiger partial charge in [0.25, 0.3) is 5.56 Å². The van der Waals surface area contributed by atoms with Gasteiger partial charge in [-0.15, -0.1) is 0 Å². The van der Waals surface area contributed by atoms with Crippen LogP contribution in [0.2, 0.25) is 0 Å². The molecule has 4 rings (SSSR count). The molecule has 1 amide bonds. The lowest BCUT2D eigenvalue weighted by Crippen LogP contribution is -2.46. The quantitative estimate of drug-likeness (QED) is 0.513. The first-order valence-corrected chi connectivity index (χ1v) is 11.4. The molecule has 35 heavy (non-hydrogen) atoms. The molecule has 2 aromatic heterocycles.